The lowest BCUT2D eigenvalue weighted by molar-refractivity contribution is 0.0580. The molecule has 68 valence electrons. The minimum absolute atomic E-state index is 0.640. The normalized spacial score (nSPS) is 34.9. The fourth-order valence-electron chi connectivity index (χ4n) is 2.31. The number of hydrogen-bond donors (Lipinski definition) is 1. The van der Waals surface area contributed by atoms with Gasteiger partial charge in [0.2, 0.25) is 0 Å². The molecule has 0 saturated heterocycles. The van der Waals surface area contributed by atoms with Gasteiger partial charge in [-0.25, -0.2) is 0 Å². The number of nitrogen functional groups attached to an aromatic ring is 1. The summed E-state index contributed by atoms with van der Waals surface area (Å²) in [5.74, 6) is 1.07. The molecule has 1 nitrogen and oxygen atoms in total. The fraction of sp³-hybridized carbons (Fsp3) is 0.455. The fourth-order valence-corrected chi connectivity index (χ4v) is 4.04. The lowest BCUT2D eigenvalue weighted by atomic mass is 9.55. The number of nitrogens with two attached hydrogens (primary N) is 1. The van der Waals surface area contributed by atoms with Gasteiger partial charge in [-0.15, -0.1) is 11.8 Å². The molecule has 0 heterocycles. The van der Waals surface area contributed by atoms with E-state index in [4.69, 9.17) is 5.73 Å². The van der Waals surface area contributed by atoms with Gasteiger partial charge in [0.15, 0.2) is 0 Å². The summed E-state index contributed by atoms with van der Waals surface area (Å²) in [6.45, 7) is 0. The predicted molar refractivity (Wildman–Crippen MR) is 56.8 cm³/mol. The summed E-state index contributed by atoms with van der Waals surface area (Å²) >= 11 is 2.05. The van der Waals surface area contributed by atoms with Gasteiger partial charge in [-0.1, -0.05) is 0 Å². The highest BCUT2D eigenvalue weighted by atomic mass is 32.2. The van der Waals surface area contributed by atoms with E-state index in [2.05, 4.69) is 23.9 Å². The van der Waals surface area contributed by atoms with E-state index in [-0.39, 0.29) is 0 Å². The van der Waals surface area contributed by atoms with Crippen molar-refractivity contribution in [2.75, 3.05) is 5.73 Å². The first kappa shape index (κ1) is 7.74. The number of thioether (sulfide) groups is 1. The molecular formula is C11H13NS. The standard InChI is InChI=1S/C11H13NS/c12-9-1-3-10(4-2-9)13-11-5-8(6-11)7-11/h1-4,8H,5-7,12H2. The van der Waals surface area contributed by atoms with Gasteiger partial charge in [-0.2, -0.15) is 0 Å². The Balaban J connectivity index is 1.75. The molecule has 4 rings (SSSR count). The minimum atomic E-state index is 0.640. The van der Waals surface area contributed by atoms with Crippen LogP contribution >= 0.6 is 11.8 Å². The van der Waals surface area contributed by atoms with Crippen molar-refractivity contribution >= 4 is 17.4 Å². The number of hydrogen-bond acceptors (Lipinski definition) is 2. The zero-order valence-electron chi connectivity index (χ0n) is 7.49. The molecule has 13 heavy (non-hydrogen) atoms. The molecule has 2 heteroatoms. The van der Waals surface area contributed by atoms with Crippen LogP contribution in [0.25, 0.3) is 0 Å². The summed E-state index contributed by atoms with van der Waals surface area (Å²) in [5.41, 5.74) is 6.50. The first-order valence-electron chi connectivity index (χ1n) is 4.80. The van der Waals surface area contributed by atoms with Crippen molar-refractivity contribution in [2.45, 2.75) is 28.9 Å². The number of rotatable bonds is 2. The van der Waals surface area contributed by atoms with Crippen LogP contribution in [0.2, 0.25) is 0 Å². The Labute approximate surface area is 82.7 Å². The molecule has 1 aromatic rings. The quantitative estimate of drug-likeness (QED) is 0.727. The average Bonchev–Trinajstić information content (AvgIpc) is 1.98. The van der Waals surface area contributed by atoms with Crippen molar-refractivity contribution in [3.63, 3.8) is 0 Å². The van der Waals surface area contributed by atoms with Crippen molar-refractivity contribution in [1.82, 2.24) is 0 Å². The Morgan fingerprint density at radius 3 is 2.23 bits per heavy atom. The van der Waals surface area contributed by atoms with Gasteiger partial charge >= 0.3 is 0 Å². The largest absolute Gasteiger partial charge is 0.399 e. The molecule has 0 spiro atoms. The molecule has 3 aliphatic rings. The molecule has 0 atom stereocenters. The average molecular weight is 191 g/mol. The predicted octanol–water partition coefficient (Wildman–Crippen LogP) is 2.91. The third kappa shape index (κ3) is 1.16. The van der Waals surface area contributed by atoms with Crippen LogP contribution in [0.1, 0.15) is 19.3 Å². The Morgan fingerprint density at radius 1 is 1.15 bits per heavy atom. The zero-order valence-corrected chi connectivity index (χ0v) is 8.31. The second-order valence-corrected chi connectivity index (χ2v) is 5.87. The second kappa shape index (κ2) is 2.44. The van der Waals surface area contributed by atoms with Gasteiger partial charge < -0.3 is 5.73 Å². The van der Waals surface area contributed by atoms with Crippen LogP contribution in [-0.2, 0) is 0 Å². The van der Waals surface area contributed by atoms with Crippen LogP contribution in [0.4, 0.5) is 5.69 Å². The van der Waals surface area contributed by atoms with E-state index >= 15 is 0 Å². The van der Waals surface area contributed by atoms with E-state index in [0.29, 0.717) is 4.75 Å². The highest BCUT2D eigenvalue weighted by Crippen LogP contribution is 2.66. The van der Waals surface area contributed by atoms with E-state index in [1.54, 1.807) is 0 Å². The molecule has 3 saturated carbocycles. The van der Waals surface area contributed by atoms with Crippen molar-refractivity contribution in [3.05, 3.63) is 24.3 Å². The van der Waals surface area contributed by atoms with E-state index in [1.807, 2.05) is 12.1 Å². The smallest absolute Gasteiger partial charge is 0.0314 e. The van der Waals surface area contributed by atoms with E-state index < -0.39 is 0 Å². The Bertz CT molecular complexity index is 313. The second-order valence-electron chi connectivity index (χ2n) is 4.33. The molecular weight excluding hydrogens is 178 g/mol. The molecule has 0 unspecified atom stereocenters. The molecule has 1 aromatic carbocycles. The van der Waals surface area contributed by atoms with Crippen molar-refractivity contribution < 1.29 is 0 Å². The molecule has 2 N–H and O–H groups in total. The molecule has 0 aromatic heterocycles. The van der Waals surface area contributed by atoms with Gasteiger partial charge in [0.05, 0.1) is 0 Å². The topological polar surface area (TPSA) is 26.0 Å². The summed E-state index contributed by atoms with van der Waals surface area (Å²) in [4.78, 5) is 1.38. The van der Waals surface area contributed by atoms with E-state index in [9.17, 15) is 0 Å². The van der Waals surface area contributed by atoms with Crippen LogP contribution in [0, 0.1) is 5.92 Å². The lowest BCUT2D eigenvalue weighted by Gasteiger charge is -2.61. The van der Waals surface area contributed by atoms with Crippen molar-refractivity contribution in [1.29, 1.82) is 0 Å². The third-order valence-corrected chi connectivity index (χ3v) is 4.64. The molecule has 0 radical (unpaired) electrons. The van der Waals surface area contributed by atoms with Gasteiger partial charge in [0.25, 0.3) is 0 Å². The van der Waals surface area contributed by atoms with Crippen LogP contribution in [-0.4, -0.2) is 4.75 Å². The van der Waals surface area contributed by atoms with Crippen molar-refractivity contribution in [2.24, 2.45) is 5.92 Å². The van der Waals surface area contributed by atoms with Crippen molar-refractivity contribution in [3.8, 4) is 0 Å². The lowest BCUT2D eigenvalue weighted by Crippen LogP contribution is -2.55. The highest BCUT2D eigenvalue weighted by Gasteiger charge is 2.57. The van der Waals surface area contributed by atoms with E-state index in [0.717, 1.165) is 11.6 Å². The van der Waals surface area contributed by atoms with E-state index in [1.165, 1.54) is 24.2 Å². The molecule has 2 bridgehead atoms. The maximum atomic E-state index is 5.64. The third-order valence-electron chi connectivity index (χ3n) is 3.20. The maximum Gasteiger partial charge on any atom is 0.0314 e. The summed E-state index contributed by atoms with van der Waals surface area (Å²) in [6.07, 6.45) is 4.34. The molecule has 0 aliphatic heterocycles. The highest BCUT2D eigenvalue weighted by molar-refractivity contribution is 8.00. The molecule has 3 fully saturated rings. The van der Waals surface area contributed by atoms with Gasteiger partial charge in [0, 0.05) is 15.3 Å². The van der Waals surface area contributed by atoms with Crippen LogP contribution < -0.4 is 5.73 Å². The summed E-state index contributed by atoms with van der Waals surface area (Å²) in [6, 6.07) is 8.27. The Hall–Kier alpha value is -0.630. The first-order valence-corrected chi connectivity index (χ1v) is 5.62. The minimum Gasteiger partial charge on any atom is -0.399 e. The molecule has 0 amide bonds. The van der Waals surface area contributed by atoms with Crippen LogP contribution in [0.15, 0.2) is 29.2 Å². The zero-order chi connectivity index (χ0) is 8.89. The monoisotopic (exact) mass is 191 g/mol. The summed E-state index contributed by atoms with van der Waals surface area (Å²) in [7, 11) is 0. The number of anilines is 1. The first-order chi connectivity index (χ1) is 6.26. The van der Waals surface area contributed by atoms with Gasteiger partial charge in [-0.3, -0.25) is 0 Å². The summed E-state index contributed by atoms with van der Waals surface area (Å²) in [5, 5.41) is 0. The van der Waals surface area contributed by atoms with Crippen LogP contribution in [0.3, 0.4) is 0 Å². The Morgan fingerprint density at radius 2 is 1.77 bits per heavy atom. The van der Waals surface area contributed by atoms with Crippen LogP contribution in [0.5, 0.6) is 0 Å². The Kier molecular flexibility index (Phi) is 1.46. The van der Waals surface area contributed by atoms with Gasteiger partial charge in [-0.05, 0) is 49.4 Å². The SMILES string of the molecule is Nc1ccc(SC23CC(C2)C3)cc1. The maximum absolute atomic E-state index is 5.64. The van der Waals surface area contributed by atoms with Gasteiger partial charge in [0.1, 0.15) is 0 Å². The molecule has 3 aliphatic carbocycles. The summed E-state index contributed by atoms with van der Waals surface area (Å²) < 4.78 is 0.640. The number of benzene rings is 1.